The minimum absolute atomic E-state index is 0.167. The maximum atomic E-state index is 8.06. The number of rotatable bonds is 21. The quantitative estimate of drug-likeness (QED) is 0.174. The predicted molar refractivity (Wildman–Crippen MR) is 148 cm³/mol. The summed E-state index contributed by atoms with van der Waals surface area (Å²) in [7, 11) is 0. The molecule has 2 nitrogen and oxygen atoms in total. The number of unbranched alkanes of at least 4 members (excludes halogenated alkanes) is 9. The minimum atomic E-state index is -0.167. The average molecular weight is 456 g/mol. The fourth-order valence-electron chi connectivity index (χ4n) is 4.06. The highest BCUT2D eigenvalue weighted by Crippen LogP contribution is 2.14. The van der Waals surface area contributed by atoms with Crippen LogP contribution in [0.2, 0.25) is 0 Å². The Balaban J connectivity index is 0. The molecule has 0 unspecified atom stereocenters. The van der Waals surface area contributed by atoms with Gasteiger partial charge in [-0.2, -0.15) is 0 Å². The molecule has 0 aromatic carbocycles. The first-order valence-electron chi connectivity index (χ1n) is 14.6. The highest BCUT2D eigenvalue weighted by molar-refractivity contribution is 4.61. The van der Waals surface area contributed by atoms with Crippen LogP contribution in [0.4, 0.5) is 0 Å². The molecule has 2 heteroatoms. The topological polar surface area (TPSA) is 23.5 Å². The van der Waals surface area contributed by atoms with Crippen LogP contribution in [-0.2, 0) is 0 Å². The van der Waals surface area contributed by atoms with E-state index in [2.05, 4.69) is 46.4 Å². The average Bonchev–Trinajstić information content (AvgIpc) is 2.67. The Kier molecular flexibility index (Phi) is 27.2. The smallest absolute Gasteiger partial charge is 0.0483 e. The first-order chi connectivity index (χ1) is 15.1. The predicted octanol–water partition coefficient (Wildman–Crippen LogP) is 9.50. The van der Waals surface area contributed by atoms with Gasteiger partial charge in [0.15, 0.2) is 0 Å². The maximum absolute atomic E-state index is 8.06. The monoisotopic (exact) mass is 456 g/mol. The Morgan fingerprint density at radius 2 is 0.625 bits per heavy atom. The maximum Gasteiger partial charge on any atom is 0.0483 e. The molecule has 0 fully saturated rings. The van der Waals surface area contributed by atoms with Crippen molar-refractivity contribution in [3.05, 3.63) is 0 Å². The van der Waals surface area contributed by atoms with Crippen LogP contribution in [0.1, 0.15) is 152 Å². The van der Waals surface area contributed by atoms with Crippen molar-refractivity contribution >= 4 is 0 Å². The van der Waals surface area contributed by atoms with E-state index in [-0.39, 0.29) is 6.10 Å². The fourth-order valence-corrected chi connectivity index (χ4v) is 4.06. The van der Waals surface area contributed by atoms with E-state index in [1.165, 1.54) is 116 Å². The summed E-state index contributed by atoms with van der Waals surface area (Å²) in [6.45, 7) is 21.6. The summed E-state index contributed by atoms with van der Waals surface area (Å²) < 4.78 is 0. The van der Waals surface area contributed by atoms with E-state index < -0.39 is 0 Å². The summed E-state index contributed by atoms with van der Waals surface area (Å²) in [6.07, 6.45) is 21.3. The summed E-state index contributed by atoms with van der Waals surface area (Å²) >= 11 is 0. The third-order valence-corrected chi connectivity index (χ3v) is 6.02. The lowest BCUT2D eigenvalue weighted by molar-refractivity contribution is 0.216. The summed E-state index contributed by atoms with van der Waals surface area (Å²) in [4.78, 5) is 2.80. The molecule has 0 aliphatic carbocycles. The Bertz CT molecular complexity index is 287. The lowest BCUT2D eigenvalue weighted by Crippen LogP contribution is -2.27. The number of aliphatic hydroxyl groups excluding tert-OH is 1. The van der Waals surface area contributed by atoms with Gasteiger partial charge >= 0.3 is 0 Å². The summed E-state index contributed by atoms with van der Waals surface area (Å²) in [5, 5.41) is 8.06. The number of hydrogen-bond donors (Lipinski definition) is 1. The van der Waals surface area contributed by atoms with Gasteiger partial charge in [-0.15, -0.1) is 0 Å². The number of hydrogen-bond acceptors (Lipinski definition) is 2. The summed E-state index contributed by atoms with van der Waals surface area (Å²) in [6, 6.07) is 0. The first-order valence-corrected chi connectivity index (χ1v) is 14.6. The van der Waals surface area contributed by atoms with Crippen LogP contribution in [0.15, 0.2) is 0 Å². The Morgan fingerprint density at radius 1 is 0.406 bits per heavy atom. The van der Waals surface area contributed by atoms with E-state index in [4.69, 9.17) is 5.11 Å². The number of nitrogens with zero attached hydrogens (tertiary/aromatic N) is 1. The van der Waals surface area contributed by atoms with Crippen molar-refractivity contribution in [1.82, 2.24) is 4.90 Å². The van der Waals surface area contributed by atoms with Gasteiger partial charge in [0.2, 0.25) is 0 Å². The zero-order chi connectivity index (χ0) is 24.6. The van der Waals surface area contributed by atoms with Crippen molar-refractivity contribution in [2.24, 2.45) is 17.8 Å². The van der Waals surface area contributed by atoms with Crippen molar-refractivity contribution in [2.45, 2.75) is 158 Å². The first kappa shape index (κ1) is 34.1. The molecule has 0 heterocycles. The molecule has 0 spiro atoms. The van der Waals surface area contributed by atoms with E-state index in [1.54, 1.807) is 13.8 Å². The molecule has 0 atom stereocenters. The molecule has 196 valence electrons. The van der Waals surface area contributed by atoms with Gasteiger partial charge in [-0.3, -0.25) is 0 Å². The van der Waals surface area contributed by atoms with Crippen LogP contribution < -0.4 is 0 Å². The largest absolute Gasteiger partial charge is 0.394 e. The zero-order valence-electron chi connectivity index (χ0n) is 23.9. The van der Waals surface area contributed by atoms with Gasteiger partial charge in [0.1, 0.15) is 0 Å². The van der Waals surface area contributed by atoms with Gasteiger partial charge in [-0.25, -0.2) is 0 Å². The second kappa shape index (κ2) is 25.5. The molecule has 32 heavy (non-hydrogen) atoms. The van der Waals surface area contributed by atoms with Gasteiger partial charge in [-0.05, 0) is 70.5 Å². The molecule has 0 saturated heterocycles. The van der Waals surface area contributed by atoms with Crippen molar-refractivity contribution in [3.63, 3.8) is 0 Å². The molecule has 0 rings (SSSR count). The molecule has 0 amide bonds. The third kappa shape index (κ3) is 34.5. The second-order valence-electron chi connectivity index (χ2n) is 11.7. The van der Waals surface area contributed by atoms with Crippen LogP contribution in [-0.4, -0.2) is 35.7 Å². The Morgan fingerprint density at radius 3 is 0.844 bits per heavy atom. The third-order valence-electron chi connectivity index (χ3n) is 6.02. The summed E-state index contributed by atoms with van der Waals surface area (Å²) in [5.74, 6) is 2.63. The van der Waals surface area contributed by atoms with Gasteiger partial charge in [-0.1, -0.05) is 119 Å². The standard InChI is InChI=1S/C27H57N.C3H8O/c1-25(2)19-13-7-10-16-22-28(23-17-11-8-14-20-26(3)4)24-18-12-9-15-21-27(5)6;1-3(2)4/h25-27H,7-24H2,1-6H3;3-4H,1-2H3. The van der Waals surface area contributed by atoms with Crippen LogP contribution in [0.25, 0.3) is 0 Å². The minimum Gasteiger partial charge on any atom is -0.394 e. The molecule has 0 saturated carbocycles. The molecular weight excluding hydrogens is 390 g/mol. The van der Waals surface area contributed by atoms with Crippen molar-refractivity contribution in [2.75, 3.05) is 19.6 Å². The van der Waals surface area contributed by atoms with Crippen LogP contribution in [0, 0.1) is 17.8 Å². The summed E-state index contributed by atoms with van der Waals surface area (Å²) in [5.41, 5.74) is 0. The molecule has 0 aromatic rings. The van der Waals surface area contributed by atoms with Crippen LogP contribution in [0.3, 0.4) is 0 Å². The van der Waals surface area contributed by atoms with E-state index in [0.29, 0.717) is 0 Å². The molecular formula is C30H65NO. The number of aliphatic hydroxyl groups is 1. The van der Waals surface area contributed by atoms with E-state index in [9.17, 15) is 0 Å². The van der Waals surface area contributed by atoms with Gasteiger partial charge < -0.3 is 10.0 Å². The van der Waals surface area contributed by atoms with Gasteiger partial charge in [0, 0.05) is 6.10 Å². The van der Waals surface area contributed by atoms with Crippen LogP contribution in [0.5, 0.6) is 0 Å². The molecule has 0 bridgehead atoms. The molecule has 0 aliphatic heterocycles. The lowest BCUT2D eigenvalue weighted by atomic mass is 10.0. The fraction of sp³-hybridized carbons (Fsp3) is 1.00. The van der Waals surface area contributed by atoms with Gasteiger partial charge in [0.05, 0.1) is 0 Å². The SMILES string of the molecule is CC(C)CCCCCCN(CCCCCCC(C)C)CCCCCCC(C)C.CC(C)O. The normalized spacial score (nSPS) is 11.8. The molecule has 0 aliphatic rings. The van der Waals surface area contributed by atoms with Crippen molar-refractivity contribution in [1.29, 1.82) is 0 Å². The van der Waals surface area contributed by atoms with Crippen molar-refractivity contribution in [3.8, 4) is 0 Å². The van der Waals surface area contributed by atoms with E-state index >= 15 is 0 Å². The molecule has 0 radical (unpaired) electrons. The van der Waals surface area contributed by atoms with Gasteiger partial charge in [0.25, 0.3) is 0 Å². The molecule has 1 N–H and O–H groups in total. The Hall–Kier alpha value is -0.0800. The highest BCUT2D eigenvalue weighted by atomic mass is 16.3. The van der Waals surface area contributed by atoms with Crippen LogP contribution >= 0.6 is 0 Å². The van der Waals surface area contributed by atoms with Crippen molar-refractivity contribution < 1.29 is 5.11 Å². The molecule has 0 aromatic heterocycles. The second-order valence-corrected chi connectivity index (χ2v) is 11.7. The zero-order valence-corrected chi connectivity index (χ0v) is 23.9. The highest BCUT2D eigenvalue weighted by Gasteiger charge is 2.05. The lowest BCUT2D eigenvalue weighted by Gasteiger charge is -2.22. The van der Waals surface area contributed by atoms with E-state index in [0.717, 1.165) is 17.8 Å². The Labute approximate surface area is 205 Å². The van der Waals surface area contributed by atoms with E-state index in [1.807, 2.05) is 0 Å².